The second kappa shape index (κ2) is 9.44. The fraction of sp³-hybridized carbons (Fsp3) is 0.370. The molecule has 5 rings (SSSR count). The average Bonchev–Trinajstić information content (AvgIpc) is 3.32. The molecule has 0 amide bonds. The Morgan fingerprint density at radius 2 is 1.83 bits per heavy atom. The van der Waals surface area contributed by atoms with Crippen LogP contribution in [-0.4, -0.2) is 47.9 Å². The van der Waals surface area contributed by atoms with Crippen LogP contribution < -0.4 is 19.7 Å². The Bertz CT molecular complexity index is 1270. The molecule has 1 aliphatic carbocycles. The maximum absolute atomic E-state index is 13.2. The summed E-state index contributed by atoms with van der Waals surface area (Å²) in [6.45, 7) is 6.20. The molecule has 0 bridgehead atoms. The molecule has 1 unspecified atom stereocenters. The first kappa shape index (κ1) is 23.0. The highest BCUT2D eigenvalue weighted by atomic mass is 16.5. The Labute approximate surface area is 205 Å². The van der Waals surface area contributed by atoms with Crippen LogP contribution in [0.15, 0.2) is 53.7 Å². The van der Waals surface area contributed by atoms with Crippen molar-refractivity contribution in [3.8, 4) is 22.9 Å². The lowest BCUT2D eigenvalue weighted by Gasteiger charge is -2.32. The normalized spacial score (nSPS) is 16.9. The zero-order valence-electron chi connectivity index (χ0n) is 20.7. The van der Waals surface area contributed by atoms with Crippen LogP contribution in [0.3, 0.4) is 0 Å². The third-order valence-corrected chi connectivity index (χ3v) is 6.85. The van der Waals surface area contributed by atoms with Gasteiger partial charge in [0.25, 0.3) is 0 Å². The minimum Gasteiger partial charge on any atom is -0.493 e. The van der Waals surface area contributed by atoms with Crippen molar-refractivity contribution in [3.05, 3.63) is 59.3 Å². The number of fused-ring (bicyclic) bond motifs is 1. The van der Waals surface area contributed by atoms with Gasteiger partial charge >= 0.3 is 0 Å². The Morgan fingerprint density at radius 3 is 2.51 bits per heavy atom. The van der Waals surface area contributed by atoms with Crippen molar-refractivity contribution in [3.63, 3.8) is 0 Å². The molecule has 0 saturated heterocycles. The molecule has 182 valence electrons. The van der Waals surface area contributed by atoms with Gasteiger partial charge in [-0.15, -0.1) is 5.10 Å². The zero-order chi connectivity index (χ0) is 24.5. The summed E-state index contributed by atoms with van der Waals surface area (Å²) in [5.74, 6) is 2.57. The standard InChI is InChI=1S/C27H31N5O3/c1-5-31(6-2)18-15-13-17(14-16-18)26-29-27-28-20-10-8-11-21(33)23(20)24(32(27)30-26)19-9-7-12-22(34-3)25(19)35-4/h7,9,12-16,24H,5-6,8,10-11H2,1-4H3,(H,28,29,30). The molecule has 1 atom stereocenters. The van der Waals surface area contributed by atoms with E-state index in [1.807, 2.05) is 22.9 Å². The number of Topliss-reactive ketones (excluding diaryl/α,β-unsaturated/α-hetero) is 1. The first-order valence-corrected chi connectivity index (χ1v) is 12.2. The molecular formula is C27H31N5O3. The van der Waals surface area contributed by atoms with Crippen molar-refractivity contribution in [2.45, 2.75) is 39.2 Å². The maximum atomic E-state index is 13.2. The Kier molecular flexibility index (Phi) is 6.19. The number of hydrogen-bond acceptors (Lipinski definition) is 7. The van der Waals surface area contributed by atoms with Crippen molar-refractivity contribution in [2.75, 3.05) is 37.5 Å². The molecule has 0 fully saturated rings. The Hall–Kier alpha value is -3.81. The summed E-state index contributed by atoms with van der Waals surface area (Å²) < 4.78 is 13.1. The lowest BCUT2D eigenvalue weighted by Crippen LogP contribution is -2.31. The molecular weight excluding hydrogens is 442 g/mol. The number of carbonyl (C=O) groups is 1. The minimum absolute atomic E-state index is 0.125. The summed E-state index contributed by atoms with van der Waals surface area (Å²) in [5.41, 5.74) is 4.56. The quantitative estimate of drug-likeness (QED) is 0.526. The summed E-state index contributed by atoms with van der Waals surface area (Å²) in [7, 11) is 3.23. The number of rotatable bonds is 7. The number of methoxy groups -OCH3 is 2. The van der Waals surface area contributed by atoms with Crippen LogP contribution in [-0.2, 0) is 4.79 Å². The van der Waals surface area contributed by atoms with Gasteiger partial charge in [0.15, 0.2) is 23.1 Å². The number of allylic oxidation sites excluding steroid dienone is 2. The number of para-hydroxylation sites is 1. The first-order valence-electron chi connectivity index (χ1n) is 12.2. The number of ketones is 1. The highest BCUT2D eigenvalue weighted by Crippen LogP contribution is 2.45. The van der Waals surface area contributed by atoms with Crippen LogP contribution in [0.1, 0.15) is 44.7 Å². The summed E-state index contributed by atoms with van der Waals surface area (Å²) in [5, 5.41) is 8.30. The number of carbonyl (C=O) groups excluding carboxylic acids is 1. The van der Waals surface area contributed by atoms with Crippen molar-refractivity contribution in [1.82, 2.24) is 14.8 Å². The van der Waals surface area contributed by atoms with Gasteiger partial charge in [0.1, 0.15) is 6.04 Å². The molecule has 3 aromatic rings. The Morgan fingerprint density at radius 1 is 1.06 bits per heavy atom. The average molecular weight is 474 g/mol. The molecule has 1 N–H and O–H groups in total. The van der Waals surface area contributed by atoms with E-state index >= 15 is 0 Å². The number of benzene rings is 2. The van der Waals surface area contributed by atoms with E-state index in [-0.39, 0.29) is 5.78 Å². The fourth-order valence-corrected chi connectivity index (χ4v) is 5.10. The number of ether oxygens (including phenoxy) is 2. The van der Waals surface area contributed by atoms with Crippen molar-refractivity contribution < 1.29 is 14.3 Å². The molecule has 2 aromatic carbocycles. The van der Waals surface area contributed by atoms with E-state index in [9.17, 15) is 4.79 Å². The summed E-state index contributed by atoms with van der Waals surface area (Å²) >= 11 is 0. The molecule has 0 spiro atoms. The Balaban J connectivity index is 1.62. The molecule has 0 radical (unpaired) electrons. The second-order valence-electron chi connectivity index (χ2n) is 8.70. The lowest BCUT2D eigenvalue weighted by atomic mass is 9.85. The van der Waals surface area contributed by atoms with Crippen molar-refractivity contribution in [2.24, 2.45) is 0 Å². The van der Waals surface area contributed by atoms with E-state index in [0.717, 1.165) is 48.3 Å². The van der Waals surface area contributed by atoms with Gasteiger partial charge in [-0.05, 0) is 57.0 Å². The lowest BCUT2D eigenvalue weighted by molar-refractivity contribution is -0.116. The predicted molar refractivity (Wildman–Crippen MR) is 136 cm³/mol. The van der Waals surface area contributed by atoms with Gasteiger partial charge in [-0.2, -0.15) is 4.98 Å². The number of hydrogen-bond donors (Lipinski definition) is 1. The van der Waals surface area contributed by atoms with Gasteiger partial charge in [0, 0.05) is 47.6 Å². The minimum atomic E-state index is -0.449. The smallest absolute Gasteiger partial charge is 0.226 e. The maximum Gasteiger partial charge on any atom is 0.226 e. The van der Waals surface area contributed by atoms with Gasteiger partial charge in [0.05, 0.1) is 14.2 Å². The zero-order valence-corrected chi connectivity index (χ0v) is 20.7. The summed E-state index contributed by atoms with van der Waals surface area (Å²) in [4.78, 5) is 20.3. The van der Waals surface area contributed by atoms with E-state index in [1.165, 1.54) is 5.69 Å². The van der Waals surface area contributed by atoms with Gasteiger partial charge in [-0.3, -0.25) is 4.79 Å². The summed E-state index contributed by atoms with van der Waals surface area (Å²) in [6, 6.07) is 13.6. The van der Waals surface area contributed by atoms with Crippen LogP contribution in [0.2, 0.25) is 0 Å². The van der Waals surface area contributed by atoms with Crippen LogP contribution in [0.25, 0.3) is 11.4 Å². The number of nitrogens with zero attached hydrogens (tertiary/aromatic N) is 4. The molecule has 8 heteroatoms. The van der Waals surface area contributed by atoms with E-state index in [4.69, 9.17) is 19.6 Å². The van der Waals surface area contributed by atoms with Gasteiger partial charge in [-0.1, -0.05) is 12.1 Å². The largest absolute Gasteiger partial charge is 0.493 e. The number of aromatic nitrogens is 3. The second-order valence-corrected chi connectivity index (χ2v) is 8.70. The highest BCUT2D eigenvalue weighted by Gasteiger charge is 2.38. The molecule has 1 aromatic heterocycles. The van der Waals surface area contributed by atoms with E-state index in [0.29, 0.717) is 29.7 Å². The van der Waals surface area contributed by atoms with E-state index in [1.54, 1.807) is 14.2 Å². The van der Waals surface area contributed by atoms with E-state index in [2.05, 4.69) is 48.3 Å². The number of nitrogens with one attached hydrogen (secondary N) is 1. The molecule has 2 aliphatic rings. The van der Waals surface area contributed by atoms with Crippen LogP contribution in [0, 0.1) is 0 Å². The van der Waals surface area contributed by atoms with Crippen molar-refractivity contribution >= 4 is 17.4 Å². The molecule has 8 nitrogen and oxygen atoms in total. The topological polar surface area (TPSA) is 81.5 Å². The van der Waals surface area contributed by atoms with E-state index < -0.39 is 6.04 Å². The third-order valence-electron chi connectivity index (χ3n) is 6.85. The van der Waals surface area contributed by atoms with Gasteiger partial charge in [-0.25, -0.2) is 4.68 Å². The third kappa shape index (κ3) is 3.92. The predicted octanol–water partition coefficient (Wildman–Crippen LogP) is 4.83. The van der Waals surface area contributed by atoms with Gasteiger partial charge < -0.3 is 19.7 Å². The monoisotopic (exact) mass is 473 g/mol. The van der Waals surface area contributed by atoms with Gasteiger partial charge in [0.2, 0.25) is 5.95 Å². The SMILES string of the molecule is CCN(CC)c1ccc(-c2nc3n(n2)C(c2cccc(OC)c2OC)C2=C(CCCC2=O)N3)cc1. The molecule has 1 aliphatic heterocycles. The molecule has 2 heterocycles. The molecule has 35 heavy (non-hydrogen) atoms. The molecule has 0 saturated carbocycles. The van der Waals surface area contributed by atoms with Crippen LogP contribution >= 0.6 is 0 Å². The van der Waals surface area contributed by atoms with Crippen LogP contribution in [0.4, 0.5) is 11.6 Å². The van der Waals surface area contributed by atoms with Crippen molar-refractivity contribution in [1.29, 1.82) is 0 Å². The highest BCUT2D eigenvalue weighted by molar-refractivity contribution is 5.99. The van der Waals surface area contributed by atoms with Crippen LogP contribution in [0.5, 0.6) is 11.5 Å². The first-order chi connectivity index (χ1) is 17.1. The fourth-order valence-electron chi connectivity index (χ4n) is 5.10. The number of anilines is 2. The summed E-state index contributed by atoms with van der Waals surface area (Å²) in [6.07, 6.45) is 2.14.